The van der Waals surface area contributed by atoms with Crippen molar-refractivity contribution in [3.63, 3.8) is 0 Å². The molecule has 0 aliphatic heterocycles. The number of hydrogen-bond acceptors (Lipinski definition) is 4. The second-order valence-electron chi connectivity index (χ2n) is 6.54. The quantitative estimate of drug-likeness (QED) is 0.467. The van der Waals surface area contributed by atoms with E-state index < -0.39 is 5.41 Å². The van der Waals surface area contributed by atoms with Crippen molar-refractivity contribution >= 4 is 16.9 Å². The number of hydrogen-bond donors (Lipinski definition) is 2. The monoisotopic (exact) mass is 318 g/mol. The molecular formula is C18H26N2O3. The molecule has 0 fully saturated rings. The zero-order chi connectivity index (χ0) is 16.9. The fourth-order valence-corrected chi connectivity index (χ4v) is 2.30. The number of likely N-dealkylation sites (N-methyl/N-ethyl adjacent to an activating group) is 1. The summed E-state index contributed by atoms with van der Waals surface area (Å²) in [6.45, 7) is 9.34. The molecule has 2 N–H and O–H groups in total. The van der Waals surface area contributed by atoms with E-state index in [2.05, 4.69) is 17.2 Å². The van der Waals surface area contributed by atoms with Gasteiger partial charge in [0.05, 0.1) is 5.41 Å². The standard InChI is InChI=1S/C18H26N2O3/c1-5-19-10-9-13-11-20-14-7-6-8-15(16(13)14)22-12-23-17(21)18(2,3)4/h6-8,11,19-20H,5,9-10,12H2,1-4H3. The fraction of sp³-hybridized carbons (Fsp3) is 0.500. The minimum atomic E-state index is -0.527. The lowest BCUT2D eigenvalue weighted by Gasteiger charge is -2.17. The van der Waals surface area contributed by atoms with Crippen LogP contribution in [0.5, 0.6) is 5.75 Å². The second kappa shape index (κ2) is 7.51. The van der Waals surface area contributed by atoms with Gasteiger partial charge in [0.25, 0.3) is 0 Å². The Morgan fingerprint density at radius 2 is 2.09 bits per heavy atom. The van der Waals surface area contributed by atoms with Gasteiger partial charge in [0, 0.05) is 17.1 Å². The highest BCUT2D eigenvalue weighted by Gasteiger charge is 2.23. The molecule has 0 spiro atoms. The van der Waals surface area contributed by atoms with Gasteiger partial charge in [0.1, 0.15) is 5.75 Å². The van der Waals surface area contributed by atoms with Gasteiger partial charge in [-0.05, 0) is 58.0 Å². The summed E-state index contributed by atoms with van der Waals surface area (Å²) in [4.78, 5) is 15.1. The highest BCUT2D eigenvalue weighted by Crippen LogP contribution is 2.29. The summed E-state index contributed by atoms with van der Waals surface area (Å²) in [7, 11) is 0. The summed E-state index contributed by atoms with van der Waals surface area (Å²) >= 11 is 0. The predicted octanol–water partition coefficient (Wildman–Crippen LogP) is 3.25. The van der Waals surface area contributed by atoms with Crippen LogP contribution in [0.2, 0.25) is 0 Å². The van der Waals surface area contributed by atoms with Crippen molar-refractivity contribution in [3.05, 3.63) is 30.0 Å². The van der Waals surface area contributed by atoms with E-state index in [0.29, 0.717) is 0 Å². The van der Waals surface area contributed by atoms with Crippen LogP contribution in [0.1, 0.15) is 33.3 Å². The van der Waals surface area contributed by atoms with Crippen LogP contribution >= 0.6 is 0 Å². The van der Waals surface area contributed by atoms with Crippen molar-refractivity contribution in [2.75, 3.05) is 19.9 Å². The van der Waals surface area contributed by atoms with Gasteiger partial charge in [0.15, 0.2) is 0 Å². The SMILES string of the molecule is CCNCCc1c[nH]c2cccc(OCOC(=O)C(C)(C)C)c12. The van der Waals surface area contributed by atoms with Crippen LogP contribution < -0.4 is 10.1 Å². The van der Waals surface area contributed by atoms with Crippen LogP contribution in [0.4, 0.5) is 0 Å². The first-order chi connectivity index (χ1) is 10.9. The smallest absolute Gasteiger partial charge is 0.314 e. The van der Waals surface area contributed by atoms with Crippen LogP contribution in [0.25, 0.3) is 10.9 Å². The van der Waals surface area contributed by atoms with Gasteiger partial charge >= 0.3 is 5.97 Å². The molecule has 0 bridgehead atoms. The largest absolute Gasteiger partial charge is 0.457 e. The van der Waals surface area contributed by atoms with E-state index in [1.54, 1.807) is 0 Å². The normalized spacial score (nSPS) is 11.7. The Labute approximate surface area is 137 Å². The zero-order valence-electron chi connectivity index (χ0n) is 14.4. The molecule has 5 heteroatoms. The Morgan fingerprint density at radius 3 is 2.78 bits per heavy atom. The number of ether oxygens (including phenoxy) is 2. The van der Waals surface area contributed by atoms with E-state index in [1.807, 2.05) is 45.2 Å². The first-order valence-corrected chi connectivity index (χ1v) is 8.03. The molecule has 1 aromatic heterocycles. The molecule has 2 aromatic rings. The number of carbonyl (C=O) groups excluding carboxylic acids is 1. The Balaban J connectivity index is 2.07. The van der Waals surface area contributed by atoms with Gasteiger partial charge in [-0.3, -0.25) is 4.79 Å². The number of fused-ring (bicyclic) bond motifs is 1. The highest BCUT2D eigenvalue weighted by atomic mass is 16.7. The number of H-pyrrole nitrogens is 1. The molecule has 0 saturated heterocycles. The number of carbonyl (C=O) groups is 1. The van der Waals surface area contributed by atoms with E-state index in [4.69, 9.17) is 9.47 Å². The van der Waals surface area contributed by atoms with Crippen molar-refractivity contribution in [1.29, 1.82) is 0 Å². The third-order valence-electron chi connectivity index (χ3n) is 3.59. The molecular weight excluding hydrogens is 292 g/mol. The molecule has 0 aliphatic carbocycles. The third-order valence-corrected chi connectivity index (χ3v) is 3.59. The maximum absolute atomic E-state index is 11.8. The van der Waals surface area contributed by atoms with Crippen LogP contribution in [-0.2, 0) is 16.0 Å². The molecule has 1 heterocycles. The maximum Gasteiger partial charge on any atom is 0.314 e. The molecule has 0 atom stereocenters. The lowest BCUT2D eigenvalue weighted by Crippen LogP contribution is -2.24. The van der Waals surface area contributed by atoms with Gasteiger partial charge in [-0.2, -0.15) is 0 Å². The molecule has 0 amide bonds. The Hall–Kier alpha value is -2.01. The first kappa shape index (κ1) is 17.3. The number of aromatic amines is 1. The van der Waals surface area contributed by atoms with Gasteiger partial charge in [-0.15, -0.1) is 0 Å². The van der Waals surface area contributed by atoms with E-state index in [0.717, 1.165) is 36.2 Å². The number of aromatic nitrogens is 1. The van der Waals surface area contributed by atoms with Gasteiger partial charge in [0.2, 0.25) is 6.79 Å². The average molecular weight is 318 g/mol. The molecule has 0 radical (unpaired) electrons. The predicted molar refractivity (Wildman–Crippen MR) is 91.6 cm³/mol. The van der Waals surface area contributed by atoms with E-state index in [9.17, 15) is 4.79 Å². The minimum Gasteiger partial charge on any atom is -0.457 e. The molecule has 0 unspecified atom stereocenters. The number of nitrogens with one attached hydrogen (secondary N) is 2. The Kier molecular flexibility index (Phi) is 5.66. The lowest BCUT2D eigenvalue weighted by molar-refractivity contribution is -0.159. The summed E-state index contributed by atoms with van der Waals surface area (Å²) in [6.07, 6.45) is 2.92. The summed E-state index contributed by atoms with van der Waals surface area (Å²) in [5.41, 5.74) is 1.69. The van der Waals surface area contributed by atoms with Crippen LogP contribution in [-0.4, -0.2) is 30.8 Å². The van der Waals surface area contributed by atoms with Crippen molar-refractivity contribution in [2.45, 2.75) is 34.1 Å². The van der Waals surface area contributed by atoms with Crippen molar-refractivity contribution in [1.82, 2.24) is 10.3 Å². The van der Waals surface area contributed by atoms with Crippen molar-refractivity contribution < 1.29 is 14.3 Å². The van der Waals surface area contributed by atoms with Crippen LogP contribution in [0.3, 0.4) is 0 Å². The third kappa shape index (κ3) is 4.48. The Bertz CT molecular complexity index is 656. The van der Waals surface area contributed by atoms with Crippen LogP contribution in [0, 0.1) is 5.41 Å². The maximum atomic E-state index is 11.8. The highest BCUT2D eigenvalue weighted by molar-refractivity contribution is 5.89. The second-order valence-corrected chi connectivity index (χ2v) is 6.54. The van der Waals surface area contributed by atoms with E-state index in [-0.39, 0.29) is 12.8 Å². The number of benzene rings is 1. The topological polar surface area (TPSA) is 63.4 Å². The molecule has 0 aliphatic rings. The summed E-state index contributed by atoms with van der Waals surface area (Å²) in [6, 6.07) is 5.84. The van der Waals surface area contributed by atoms with Gasteiger partial charge < -0.3 is 19.8 Å². The average Bonchev–Trinajstić information content (AvgIpc) is 2.91. The van der Waals surface area contributed by atoms with E-state index >= 15 is 0 Å². The zero-order valence-corrected chi connectivity index (χ0v) is 14.4. The van der Waals surface area contributed by atoms with Crippen molar-refractivity contribution in [3.8, 4) is 5.75 Å². The lowest BCUT2D eigenvalue weighted by atomic mass is 9.98. The minimum absolute atomic E-state index is 0.0763. The molecule has 1 aromatic carbocycles. The van der Waals surface area contributed by atoms with E-state index in [1.165, 1.54) is 5.56 Å². The summed E-state index contributed by atoms with van der Waals surface area (Å²) in [5, 5.41) is 4.37. The summed E-state index contributed by atoms with van der Waals surface area (Å²) in [5.74, 6) is 0.461. The molecule has 5 nitrogen and oxygen atoms in total. The number of esters is 1. The fourth-order valence-electron chi connectivity index (χ4n) is 2.30. The molecule has 126 valence electrons. The van der Waals surface area contributed by atoms with Crippen LogP contribution in [0.15, 0.2) is 24.4 Å². The Morgan fingerprint density at radius 1 is 1.30 bits per heavy atom. The molecule has 2 rings (SSSR count). The first-order valence-electron chi connectivity index (χ1n) is 8.03. The molecule has 0 saturated carbocycles. The van der Waals surface area contributed by atoms with Gasteiger partial charge in [-0.25, -0.2) is 0 Å². The van der Waals surface area contributed by atoms with Crippen molar-refractivity contribution in [2.24, 2.45) is 5.41 Å². The number of rotatable bonds is 7. The van der Waals surface area contributed by atoms with Gasteiger partial charge in [-0.1, -0.05) is 13.0 Å². The molecule has 23 heavy (non-hydrogen) atoms. The summed E-state index contributed by atoms with van der Waals surface area (Å²) < 4.78 is 10.9.